The van der Waals surface area contributed by atoms with Crippen LogP contribution in [-0.2, 0) is 37.6 Å². The Morgan fingerprint density at radius 3 is 2.21 bits per heavy atom. The normalized spacial score (nSPS) is 15.1. The van der Waals surface area contributed by atoms with Gasteiger partial charge >= 0.3 is 7.32 Å². The van der Waals surface area contributed by atoms with E-state index in [2.05, 4.69) is 0 Å². The maximum absolute atomic E-state index is 5.47. The number of hydrogen-bond acceptors (Lipinski definition) is 8. The third kappa shape index (κ3) is 11.4. The third-order valence-corrected chi connectivity index (χ3v) is 2.79. The van der Waals surface area contributed by atoms with Crippen LogP contribution >= 0.6 is 0 Å². The molecule has 1 rings (SSSR count). The Morgan fingerprint density at radius 2 is 1.58 bits per heavy atom. The molecule has 0 aromatic rings. The van der Waals surface area contributed by atoms with E-state index in [1.54, 1.807) is 26.4 Å². The van der Waals surface area contributed by atoms with Crippen molar-refractivity contribution in [3.8, 4) is 0 Å². The second kappa shape index (κ2) is 15.4. The molecule has 1 aliphatic heterocycles. The highest BCUT2D eigenvalue weighted by molar-refractivity contribution is 6.36. The molecule has 8 nitrogen and oxygen atoms in total. The van der Waals surface area contributed by atoms with Crippen molar-refractivity contribution in [3.05, 3.63) is 24.7 Å². The summed E-state index contributed by atoms with van der Waals surface area (Å²) in [7, 11) is 2.36. The second-order valence-corrected chi connectivity index (χ2v) is 4.73. The summed E-state index contributed by atoms with van der Waals surface area (Å²) in [5, 5.41) is 0. The average molecular weight is 346 g/mol. The van der Waals surface area contributed by atoms with Crippen molar-refractivity contribution < 1.29 is 37.6 Å². The van der Waals surface area contributed by atoms with Crippen molar-refractivity contribution in [2.45, 2.75) is 6.10 Å². The van der Waals surface area contributed by atoms with Gasteiger partial charge in [0.2, 0.25) is 0 Å². The predicted molar refractivity (Wildman–Crippen MR) is 87.3 cm³/mol. The van der Waals surface area contributed by atoms with Crippen molar-refractivity contribution in [3.63, 3.8) is 0 Å². The zero-order valence-electron chi connectivity index (χ0n) is 14.4. The van der Waals surface area contributed by atoms with Crippen LogP contribution in [0.15, 0.2) is 24.7 Å². The van der Waals surface area contributed by atoms with Crippen molar-refractivity contribution in [2.75, 3.05) is 67.1 Å². The standard InChI is InChI=1S/C15H27BO8/c1-17-9-11-19-5-3-7-22-16(24-12-10-18-2)23-8-4-6-21-15-13-20-14-15/h3-4,7-8,15H,5-6,9-14H2,1-2H3/b7-3+,8-4-. The zero-order valence-corrected chi connectivity index (χ0v) is 14.4. The summed E-state index contributed by atoms with van der Waals surface area (Å²) >= 11 is 0. The Bertz CT molecular complexity index is 335. The number of methoxy groups -OCH3 is 2. The average Bonchev–Trinajstić information content (AvgIpc) is 2.55. The first kappa shape index (κ1) is 20.9. The fourth-order valence-electron chi connectivity index (χ4n) is 1.45. The lowest BCUT2D eigenvalue weighted by atomic mass is 10.2. The Hall–Kier alpha value is -1.10. The zero-order chi connectivity index (χ0) is 17.3. The first-order valence-electron chi connectivity index (χ1n) is 7.84. The van der Waals surface area contributed by atoms with E-state index in [9.17, 15) is 0 Å². The van der Waals surface area contributed by atoms with Crippen LogP contribution in [0.4, 0.5) is 0 Å². The molecule has 9 heteroatoms. The molecule has 0 unspecified atom stereocenters. The van der Waals surface area contributed by atoms with Crippen LogP contribution in [0.1, 0.15) is 0 Å². The van der Waals surface area contributed by atoms with Gasteiger partial charge in [-0.05, 0) is 12.2 Å². The highest BCUT2D eigenvalue weighted by Gasteiger charge is 2.23. The largest absolute Gasteiger partial charge is 0.787 e. The topological polar surface area (TPSA) is 73.8 Å². The van der Waals surface area contributed by atoms with Crippen LogP contribution in [-0.4, -0.2) is 80.5 Å². The molecule has 24 heavy (non-hydrogen) atoms. The molecule has 0 amide bonds. The number of hydrogen-bond donors (Lipinski definition) is 0. The molecule has 0 saturated carbocycles. The second-order valence-electron chi connectivity index (χ2n) is 4.73. The van der Waals surface area contributed by atoms with Gasteiger partial charge in [0.15, 0.2) is 0 Å². The summed E-state index contributed by atoms with van der Waals surface area (Å²) in [6.07, 6.45) is 6.60. The van der Waals surface area contributed by atoms with Gasteiger partial charge in [0.25, 0.3) is 0 Å². The minimum Gasteiger partial charge on any atom is -0.508 e. The summed E-state index contributed by atoms with van der Waals surface area (Å²) < 4.78 is 41.7. The molecular weight excluding hydrogens is 319 g/mol. The van der Waals surface area contributed by atoms with Gasteiger partial charge in [0, 0.05) is 14.2 Å². The molecule has 1 aliphatic rings. The molecule has 0 radical (unpaired) electrons. The van der Waals surface area contributed by atoms with Gasteiger partial charge in [-0.3, -0.25) is 0 Å². The minimum absolute atomic E-state index is 0.181. The molecule has 0 aromatic carbocycles. The van der Waals surface area contributed by atoms with Gasteiger partial charge < -0.3 is 37.6 Å². The first-order valence-corrected chi connectivity index (χ1v) is 7.84. The Morgan fingerprint density at radius 1 is 0.917 bits per heavy atom. The summed E-state index contributed by atoms with van der Waals surface area (Å²) in [5.74, 6) is 0. The molecule has 1 heterocycles. The summed E-state index contributed by atoms with van der Waals surface area (Å²) in [5.41, 5.74) is 0. The van der Waals surface area contributed by atoms with E-state index in [4.69, 9.17) is 37.6 Å². The van der Waals surface area contributed by atoms with E-state index >= 15 is 0 Å². The maximum Gasteiger partial charge on any atom is 0.787 e. The Balaban J connectivity index is 2.14. The van der Waals surface area contributed by atoms with Crippen molar-refractivity contribution in [1.29, 1.82) is 0 Å². The molecule has 138 valence electrons. The van der Waals surface area contributed by atoms with Crippen molar-refractivity contribution >= 4 is 7.32 Å². The highest BCUT2D eigenvalue weighted by atomic mass is 16.7. The monoisotopic (exact) mass is 346 g/mol. The smallest absolute Gasteiger partial charge is 0.508 e. The quantitative estimate of drug-likeness (QED) is 0.231. The SMILES string of the molecule is COCCOC/C=C/OB(O/C=C\COC1COC1)OCCOC. The van der Waals surface area contributed by atoms with Gasteiger partial charge in [-0.25, -0.2) is 0 Å². The van der Waals surface area contributed by atoms with Gasteiger partial charge in [-0.15, -0.1) is 0 Å². The Kier molecular flexibility index (Phi) is 13.5. The predicted octanol–water partition coefficient (Wildman–Crippen LogP) is 0.773. The lowest BCUT2D eigenvalue weighted by Crippen LogP contribution is -2.36. The van der Waals surface area contributed by atoms with Crippen molar-refractivity contribution in [1.82, 2.24) is 0 Å². The van der Waals surface area contributed by atoms with Crippen LogP contribution in [0.2, 0.25) is 0 Å². The molecule has 0 aliphatic carbocycles. The van der Waals surface area contributed by atoms with Gasteiger partial charge in [-0.2, -0.15) is 0 Å². The van der Waals surface area contributed by atoms with E-state index < -0.39 is 7.32 Å². The molecule has 1 saturated heterocycles. The van der Waals surface area contributed by atoms with E-state index in [0.717, 1.165) is 0 Å². The molecule has 0 N–H and O–H groups in total. The van der Waals surface area contributed by atoms with Gasteiger partial charge in [0.05, 0.1) is 65.4 Å². The fourth-order valence-corrected chi connectivity index (χ4v) is 1.45. The minimum atomic E-state index is -0.862. The molecule has 0 aromatic heterocycles. The van der Waals surface area contributed by atoms with Crippen LogP contribution < -0.4 is 0 Å². The van der Waals surface area contributed by atoms with Gasteiger partial charge in [0.1, 0.15) is 6.10 Å². The summed E-state index contributed by atoms with van der Waals surface area (Å²) in [6.45, 7) is 4.05. The highest BCUT2D eigenvalue weighted by Crippen LogP contribution is 2.04. The van der Waals surface area contributed by atoms with E-state index in [1.165, 1.54) is 12.5 Å². The van der Waals surface area contributed by atoms with Crippen LogP contribution in [0.5, 0.6) is 0 Å². The fraction of sp³-hybridized carbons (Fsp3) is 0.733. The molecule has 1 fully saturated rings. The number of ether oxygens (including phenoxy) is 5. The summed E-state index contributed by atoms with van der Waals surface area (Å²) in [4.78, 5) is 0. The van der Waals surface area contributed by atoms with Crippen LogP contribution in [0, 0.1) is 0 Å². The third-order valence-electron chi connectivity index (χ3n) is 2.79. The van der Waals surface area contributed by atoms with Crippen molar-refractivity contribution in [2.24, 2.45) is 0 Å². The molecule has 0 bridgehead atoms. The first-order chi connectivity index (χ1) is 11.9. The van der Waals surface area contributed by atoms with Crippen LogP contribution in [0.3, 0.4) is 0 Å². The van der Waals surface area contributed by atoms with E-state index in [-0.39, 0.29) is 6.10 Å². The summed E-state index contributed by atoms with van der Waals surface area (Å²) in [6, 6.07) is 0. The maximum atomic E-state index is 5.47. The molecule has 0 atom stereocenters. The van der Waals surface area contributed by atoms with E-state index in [1.807, 2.05) is 0 Å². The lowest BCUT2D eigenvalue weighted by molar-refractivity contribution is -0.122. The lowest BCUT2D eigenvalue weighted by Gasteiger charge is -2.25. The van der Waals surface area contributed by atoms with E-state index in [0.29, 0.717) is 52.9 Å². The molecular formula is C15H27BO8. The van der Waals surface area contributed by atoms with Crippen LogP contribution in [0.25, 0.3) is 0 Å². The number of rotatable bonds is 16. The molecule has 0 spiro atoms. The Labute approximate surface area is 143 Å². The van der Waals surface area contributed by atoms with Gasteiger partial charge in [-0.1, -0.05) is 0 Å².